The van der Waals surface area contributed by atoms with Crippen molar-refractivity contribution in [3.63, 3.8) is 0 Å². The number of hydrogen-bond donors (Lipinski definition) is 2. The van der Waals surface area contributed by atoms with Gasteiger partial charge in [0.2, 0.25) is 10.0 Å². The number of benzene rings is 1. The van der Waals surface area contributed by atoms with E-state index in [0.29, 0.717) is 13.1 Å². The summed E-state index contributed by atoms with van der Waals surface area (Å²) in [5.41, 5.74) is 0.154. The smallest absolute Gasteiger partial charge is 0.334 e. The first-order valence-electron chi connectivity index (χ1n) is 8.50. The van der Waals surface area contributed by atoms with Gasteiger partial charge in [-0.2, -0.15) is 4.31 Å². The van der Waals surface area contributed by atoms with E-state index in [0.717, 1.165) is 25.7 Å². The number of methoxy groups -OCH3 is 1. The van der Waals surface area contributed by atoms with Crippen LogP contribution in [0.2, 0.25) is 0 Å². The van der Waals surface area contributed by atoms with Crippen LogP contribution >= 0.6 is 0 Å². The summed E-state index contributed by atoms with van der Waals surface area (Å²) in [5, 5.41) is 11.4. The number of amides is 1. The molecule has 0 spiro atoms. The lowest BCUT2D eigenvalue weighted by molar-refractivity contribution is -0.148. The summed E-state index contributed by atoms with van der Waals surface area (Å²) in [4.78, 5) is 23.2. The molecule has 1 unspecified atom stereocenters. The fraction of sp³-hybridized carbons (Fsp3) is 0.529. The summed E-state index contributed by atoms with van der Waals surface area (Å²) in [5.74, 6) is -1.74. The maximum atomic E-state index is 12.8. The largest absolute Gasteiger partial charge is 0.479 e. The van der Waals surface area contributed by atoms with Gasteiger partial charge in [-0.1, -0.05) is 18.9 Å². The molecule has 1 heterocycles. The van der Waals surface area contributed by atoms with Crippen LogP contribution in [0.15, 0.2) is 29.2 Å². The first-order chi connectivity index (χ1) is 12.4. The Balaban J connectivity index is 2.13. The average molecular weight is 384 g/mol. The van der Waals surface area contributed by atoms with Crippen molar-refractivity contribution in [1.29, 1.82) is 0 Å². The SMILES string of the molecule is COC(CNC(=O)c1cccc(S(=O)(=O)N2CCCCCC2)c1)C(=O)O. The van der Waals surface area contributed by atoms with E-state index in [1.807, 2.05) is 0 Å². The van der Waals surface area contributed by atoms with E-state index in [4.69, 9.17) is 9.84 Å². The van der Waals surface area contributed by atoms with E-state index in [2.05, 4.69) is 5.32 Å². The zero-order chi connectivity index (χ0) is 19.2. The van der Waals surface area contributed by atoms with E-state index in [-0.39, 0.29) is 17.0 Å². The Morgan fingerprint density at radius 1 is 1.23 bits per heavy atom. The average Bonchev–Trinajstić information content (AvgIpc) is 2.92. The quantitative estimate of drug-likeness (QED) is 0.727. The number of carbonyl (C=O) groups is 2. The summed E-state index contributed by atoms with van der Waals surface area (Å²) in [6.07, 6.45) is 2.51. The zero-order valence-corrected chi connectivity index (χ0v) is 15.5. The fourth-order valence-electron chi connectivity index (χ4n) is 2.79. The predicted molar refractivity (Wildman–Crippen MR) is 94.4 cm³/mol. The first-order valence-corrected chi connectivity index (χ1v) is 9.94. The molecule has 1 aliphatic heterocycles. The number of nitrogens with zero attached hydrogens (tertiary/aromatic N) is 1. The van der Waals surface area contributed by atoms with Gasteiger partial charge < -0.3 is 15.2 Å². The molecule has 144 valence electrons. The lowest BCUT2D eigenvalue weighted by Gasteiger charge is -2.20. The molecule has 2 N–H and O–H groups in total. The summed E-state index contributed by atoms with van der Waals surface area (Å²) in [6.45, 7) is 0.744. The molecule has 2 rings (SSSR count). The van der Waals surface area contributed by atoms with Crippen molar-refractivity contribution in [2.24, 2.45) is 0 Å². The monoisotopic (exact) mass is 384 g/mol. The Hall–Kier alpha value is -1.97. The molecular formula is C17H24N2O6S. The molecule has 1 aliphatic rings. The number of carboxylic acid groups (broad SMARTS) is 1. The van der Waals surface area contributed by atoms with Crippen LogP contribution in [0.25, 0.3) is 0 Å². The normalized spacial score (nSPS) is 17.3. The number of ether oxygens (including phenoxy) is 1. The number of sulfonamides is 1. The van der Waals surface area contributed by atoms with Gasteiger partial charge in [0.15, 0.2) is 6.10 Å². The van der Waals surface area contributed by atoms with Gasteiger partial charge in [-0.05, 0) is 31.0 Å². The van der Waals surface area contributed by atoms with Gasteiger partial charge in [-0.15, -0.1) is 0 Å². The Kier molecular flexibility index (Phi) is 7.13. The predicted octanol–water partition coefficient (Wildman–Crippen LogP) is 1.08. The minimum atomic E-state index is -3.66. The molecule has 0 aromatic heterocycles. The number of aliphatic carboxylic acids is 1. The number of nitrogens with one attached hydrogen (secondary N) is 1. The maximum Gasteiger partial charge on any atom is 0.334 e. The van der Waals surface area contributed by atoms with Gasteiger partial charge in [-0.25, -0.2) is 13.2 Å². The van der Waals surface area contributed by atoms with Gasteiger partial charge in [0.1, 0.15) is 0 Å². The molecule has 1 fully saturated rings. The first kappa shape index (κ1) is 20.3. The lowest BCUT2D eigenvalue weighted by atomic mass is 10.2. The molecule has 0 bridgehead atoms. The highest BCUT2D eigenvalue weighted by Gasteiger charge is 2.26. The van der Waals surface area contributed by atoms with Crippen molar-refractivity contribution < 1.29 is 27.9 Å². The van der Waals surface area contributed by atoms with Gasteiger partial charge >= 0.3 is 5.97 Å². The van der Waals surface area contributed by atoms with E-state index in [1.54, 1.807) is 0 Å². The minimum absolute atomic E-state index is 0.0635. The highest BCUT2D eigenvalue weighted by molar-refractivity contribution is 7.89. The Morgan fingerprint density at radius 3 is 2.46 bits per heavy atom. The number of rotatable bonds is 7. The van der Waals surface area contributed by atoms with Crippen molar-refractivity contribution >= 4 is 21.9 Å². The highest BCUT2D eigenvalue weighted by Crippen LogP contribution is 2.21. The standard InChI is InChI=1S/C17H24N2O6S/c1-25-15(17(21)22)12-18-16(20)13-7-6-8-14(11-13)26(23,24)19-9-4-2-3-5-10-19/h6-8,11,15H,2-5,9-10,12H2,1H3,(H,18,20)(H,21,22). The Morgan fingerprint density at radius 2 is 1.88 bits per heavy atom. The van der Waals surface area contributed by atoms with Crippen molar-refractivity contribution in [3.8, 4) is 0 Å². The topological polar surface area (TPSA) is 113 Å². The fourth-order valence-corrected chi connectivity index (χ4v) is 4.35. The van der Waals surface area contributed by atoms with E-state index in [9.17, 15) is 18.0 Å². The Labute approximate surface area is 153 Å². The maximum absolute atomic E-state index is 12.8. The third-order valence-electron chi connectivity index (χ3n) is 4.31. The lowest BCUT2D eigenvalue weighted by Crippen LogP contribution is -2.38. The van der Waals surface area contributed by atoms with Crippen LogP contribution in [0.1, 0.15) is 36.0 Å². The Bertz CT molecular complexity index is 741. The van der Waals surface area contributed by atoms with Gasteiger partial charge in [-0.3, -0.25) is 4.79 Å². The number of hydrogen-bond acceptors (Lipinski definition) is 5. The number of carbonyl (C=O) groups excluding carboxylic acids is 1. The molecule has 1 atom stereocenters. The summed E-state index contributed by atoms with van der Waals surface area (Å²) in [6, 6.07) is 5.77. The molecule has 9 heteroatoms. The van der Waals surface area contributed by atoms with Crippen LogP contribution in [-0.4, -0.2) is 62.6 Å². The minimum Gasteiger partial charge on any atom is -0.479 e. The van der Waals surface area contributed by atoms with Crippen LogP contribution in [0.5, 0.6) is 0 Å². The van der Waals surface area contributed by atoms with Crippen LogP contribution in [0.3, 0.4) is 0 Å². The molecular weight excluding hydrogens is 360 g/mol. The van der Waals surface area contributed by atoms with Gasteiger partial charge in [0.05, 0.1) is 11.4 Å². The van der Waals surface area contributed by atoms with Gasteiger partial charge in [0.25, 0.3) is 5.91 Å². The van der Waals surface area contributed by atoms with Crippen molar-refractivity contribution in [2.75, 3.05) is 26.7 Å². The molecule has 1 saturated heterocycles. The van der Waals surface area contributed by atoms with Crippen LogP contribution < -0.4 is 5.32 Å². The zero-order valence-electron chi connectivity index (χ0n) is 14.7. The number of carboxylic acids is 1. The van der Waals surface area contributed by atoms with Crippen molar-refractivity contribution in [3.05, 3.63) is 29.8 Å². The third kappa shape index (κ3) is 5.03. The molecule has 26 heavy (non-hydrogen) atoms. The van der Waals surface area contributed by atoms with Crippen LogP contribution in [0.4, 0.5) is 0 Å². The molecule has 8 nitrogen and oxygen atoms in total. The van der Waals surface area contributed by atoms with Crippen LogP contribution in [-0.2, 0) is 19.6 Å². The second kappa shape index (κ2) is 9.11. The van der Waals surface area contributed by atoms with E-state index in [1.165, 1.54) is 35.7 Å². The summed E-state index contributed by atoms with van der Waals surface area (Å²) < 4.78 is 31.8. The third-order valence-corrected chi connectivity index (χ3v) is 6.20. The van der Waals surface area contributed by atoms with Crippen molar-refractivity contribution in [2.45, 2.75) is 36.7 Å². The second-order valence-electron chi connectivity index (χ2n) is 6.12. The van der Waals surface area contributed by atoms with Gasteiger partial charge in [0, 0.05) is 25.8 Å². The molecule has 0 saturated carbocycles. The highest BCUT2D eigenvalue weighted by atomic mass is 32.2. The molecule has 0 aliphatic carbocycles. The van der Waals surface area contributed by atoms with Crippen LogP contribution in [0, 0.1) is 0 Å². The van der Waals surface area contributed by atoms with E-state index < -0.39 is 28.0 Å². The second-order valence-corrected chi connectivity index (χ2v) is 8.06. The summed E-state index contributed by atoms with van der Waals surface area (Å²) >= 11 is 0. The molecule has 1 aromatic carbocycles. The summed E-state index contributed by atoms with van der Waals surface area (Å²) in [7, 11) is -2.42. The molecule has 1 amide bonds. The van der Waals surface area contributed by atoms with E-state index >= 15 is 0 Å². The molecule has 1 aromatic rings. The van der Waals surface area contributed by atoms with Crippen molar-refractivity contribution in [1.82, 2.24) is 9.62 Å². The molecule has 0 radical (unpaired) electrons.